The number of nitrogens with one attached hydrogen (secondary N) is 4. The first-order valence-corrected chi connectivity index (χ1v) is 16.2. The Morgan fingerprint density at radius 2 is 1.71 bits per heavy atom. The van der Waals surface area contributed by atoms with Gasteiger partial charge < -0.3 is 35.2 Å². The first-order chi connectivity index (χ1) is 21.5. The molecule has 0 amide bonds. The summed E-state index contributed by atoms with van der Waals surface area (Å²) in [5, 5.41) is 21.0. The molecule has 1 aliphatic carbocycles. The largest absolute Gasteiger partial charge is 0.469 e. The molecule has 1 fully saturated rings. The summed E-state index contributed by atoms with van der Waals surface area (Å²) in [6, 6.07) is -0.320. The monoisotopic (exact) mass is 614 g/mol. The molecule has 6 atom stereocenters. The van der Waals surface area contributed by atoms with Gasteiger partial charge in [-0.2, -0.15) is 0 Å². The Morgan fingerprint density at radius 3 is 2.38 bits per heavy atom. The van der Waals surface area contributed by atoms with Crippen LogP contribution in [0.2, 0.25) is 0 Å². The Morgan fingerprint density at radius 1 is 0.956 bits per heavy atom. The summed E-state index contributed by atoms with van der Waals surface area (Å²) >= 11 is 0. The molecule has 9 heteroatoms. The molecule has 45 heavy (non-hydrogen) atoms. The summed E-state index contributed by atoms with van der Waals surface area (Å²) in [5.74, 6) is -1.36. The van der Waals surface area contributed by atoms with Crippen LogP contribution in [0.3, 0.4) is 0 Å². The molecule has 4 aliphatic rings. The lowest BCUT2D eigenvalue weighted by molar-refractivity contribution is -0.146. The van der Waals surface area contributed by atoms with E-state index in [-0.39, 0.29) is 36.2 Å². The zero-order chi connectivity index (χ0) is 32.3. The van der Waals surface area contributed by atoms with Gasteiger partial charge in [0.05, 0.1) is 26.4 Å². The van der Waals surface area contributed by atoms with Gasteiger partial charge >= 0.3 is 11.9 Å². The van der Waals surface area contributed by atoms with E-state index in [2.05, 4.69) is 73.4 Å². The summed E-state index contributed by atoms with van der Waals surface area (Å²) in [6.07, 6.45) is 8.17. The van der Waals surface area contributed by atoms with Crippen LogP contribution < -0.4 is 21.3 Å². The lowest BCUT2D eigenvalue weighted by Gasteiger charge is -2.27. The number of esters is 2. The number of allylic oxidation sites excluding steroid dienone is 3. The molecule has 0 radical (unpaired) electrons. The second-order valence-corrected chi connectivity index (χ2v) is 13.0. The smallest absolute Gasteiger partial charge is 0.315 e. The molecule has 9 nitrogen and oxygen atoms in total. The van der Waals surface area contributed by atoms with Crippen LogP contribution in [0, 0.1) is 37.5 Å². The van der Waals surface area contributed by atoms with Crippen LogP contribution in [0.5, 0.6) is 0 Å². The van der Waals surface area contributed by atoms with Crippen molar-refractivity contribution in [3.05, 3.63) is 73.1 Å². The van der Waals surface area contributed by atoms with Crippen LogP contribution in [-0.4, -0.2) is 47.3 Å². The summed E-state index contributed by atoms with van der Waals surface area (Å²) in [4.78, 5) is 33.1. The number of aliphatic hydroxyl groups is 1. The number of aliphatic hydroxyl groups excluding tert-OH is 1. The van der Waals surface area contributed by atoms with Crippen LogP contribution in [-0.2, 0) is 25.5 Å². The quantitative estimate of drug-likeness (QED) is 0.314. The number of hydrogen-bond donors (Lipinski definition) is 5. The maximum Gasteiger partial charge on any atom is 0.315 e. The third-order valence-corrected chi connectivity index (χ3v) is 10.9. The molecule has 240 valence electrons. The van der Waals surface area contributed by atoms with Gasteiger partial charge in [0.25, 0.3) is 0 Å². The maximum absolute atomic E-state index is 13.4. The van der Waals surface area contributed by atoms with Gasteiger partial charge in [-0.25, -0.2) is 0 Å². The van der Waals surface area contributed by atoms with Crippen LogP contribution in [0.1, 0.15) is 86.7 Å². The lowest BCUT2D eigenvalue weighted by atomic mass is 9.80. The third kappa shape index (κ3) is 4.87. The summed E-state index contributed by atoms with van der Waals surface area (Å²) in [6.45, 7) is 12.9. The number of aromatic nitrogens is 2. The predicted octanol–water partition coefficient (Wildman–Crippen LogP) is 3.66. The van der Waals surface area contributed by atoms with Crippen molar-refractivity contribution in [2.75, 3.05) is 14.2 Å². The van der Waals surface area contributed by atoms with E-state index in [1.165, 1.54) is 36.6 Å². The fourth-order valence-electron chi connectivity index (χ4n) is 8.25. The molecule has 1 saturated heterocycles. The number of aromatic amines is 2. The molecule has 6 rings (SSSR count). The Balaban J connectivity index is 1.66. The molecule has 0 aromatic carbocycles. The van der Waals surface area contributed by atoms with Gasteiger partial charge in [-0.3, -0.25) is 9.59 Å². The number of H-pyrrole nitrogens is 2. The first-order valence-electron chi connectivity index (χ1n) is 16.2. The van der Waals surface area contributed by atoms with Crippen LogP contribution >= 0.6 is 0 Å². The summed E-state index contributed by atoms with van der Waals surface area (Å²) in [7, 11) is 2.77. The van der Waals surface area contributed by atoms with Gasteiger partial charge in [0.1, 0.15) is 5.92 Å². The van der Waals surface area contributed by atoms with Crippen molar-refractivity contribution in [3.8, 4) is 0 Å². The zero-order valence-corrected chi connectivity index (χ0v) is 27.6. The van der Waals surface area contributed by atoms with Gasteiger partial charge in [-0.1, -0.05) is 20.8 Å². The first kappa shape index (κ1) is 31.0. The standard InChI is InChI=1S/C36H46N4O5/c1-9-20-16(3)23-13-25-18(5)22(11-12-29(41)44-7)33(39-25)31-32(36(43)45-8)35(42)30-19(6)26(40-34(30)31)15-28-21(10-2)17(4)24(38-28)14-27(20)37-23/h13-15,18,20,22,32-33,35,37-40,42H,9-12H2,1-8H3/b25-13-,26-15-,27-14-/t18-,20-,22-,32+,33?,35+/m0/s1. The van der Waals surface area contributed by atoms with Crippen molar-refractivity contribution >= 4 is 29.7 Å². The molecule has 5 N–H and O–H groups in total. The number of carbonyl (C=O) groups excluding carboxylic acids is 2. The SMILES string of the molecule is CCc1c2[nH]c(c1C)/C=C1\NC(=C(C)[C@@H]1CC)/C=C1\NC(C3=c4[nH]/c(c(C)c4[C@@H](O)[C@@H]3C(=O)OC)=C\2)[C@@H](CCC(=O)OC)[C@@H]1C. The van der Waals surface area contributed by atoms with E-state index in [1.54, 1.807) is 0 Å². The van der Waals surface area contributed by atoms with Gasteiger partial charge in [-0.15, -0.1) is 0 Å². The topological polar surface area (TPSA) is 128 Å². The van der Waals surface area contributed by atoms with E-state index >= 15 is 0 Å². The van der Waals surface area contributed by atoms with Crippen molar-refractivity contribution in [1.82, 2.24) is 20.6 Å². The highest BCUT2D eigenvalue weighted by atomic mass is 16.5. The molecular weight excluding hydrogens is 568 g/mol. The zero-order valence-electron chi connectivity index (χ0n) is 27.6. The molecule has 0 spiro atoms. The minimum absolute atomic E-state index is 0.0402. The number of hydrogen-bond acceptors (Lipinski definition) is 7. The number of rotatable bonds is 6. The maximum atomic E-state index is 13.4. The van der Waals surface area contributed by atoms with E-state index in [9.17, 15) is 14.7 Å². The second-order valence-electron chi connectivity index (χ2n) is 13.0. The van der Waals surface area contributed by atoms with Gasteiger partial charge in [0, 0.05) is 63.0 Å². The molecule has 8 bridgehead atoms. The van der Waals surface area contributed by atoms with Crippen LogP contribution in [0.4, 0.5) is 0 Å². The highest BCUT2D eigenvalue weighted by Gasteiger charge is 2.49. The van der Waals surface area contributed by atoms with E-state index in [0.29, 0.717) is 6.42 Å². The van der Waals surface area contributed by atoms with E-state index in [4.69, 9.17) is 9.47 Å². The highest BCUT2D eigenvalue weighted by molar-refractivity contribution is 5.88. The Hall–Kier alpha value is -3.98. The second kappa shape index (κ2) is 11.7. The molecule has 2 aromatic heterocycles. The van der Waals surface area contributed by atoms with Crippen LogP contribution in [0.25, 0.3) is 17.7 Å². The van der Waals surface area contributed by atoms with Crippen molar-refractivity contribution in [2.24, 2.45) is 23.7 Å². The minimum Gasteiger partial charge on any atom is -0.469 e. The summed E-state index contributed by atoms with van der Waals surface area (Å²) < 4.78 is 10.3. The fourth-order valence-corrected chi connectivity index (χ4v) is 8.25. The normalized spacial score (nSPS) is 29.7. The number of ether oxygens (including phenoxy) is 2. The number of methoxy groups -OCH3 is 2. The number of carbonyl (C=O) groups is 2. The third-order valence-electron chi connectivity index (χ3n) is 10.9. The minimum atomic E-state index is -1.06. The van der Waals surface area contributed by atoms with Crippen molar-refractivity contribution < 1.29 is 24.2 Å². The molecule has 5 heterocycles. The number of fused-ring (bicyclic) bond motifs is 8. The van der Waals surface area contributed by atoms with Crippen molar-refractivity contribution in [3.63, 3.8) is 0 Å². The average molecular weight is 615 g/mol. The van der Waals surface area contributed by atoms with Gasteiger partial charge in [0.2, 0.25) is 0 Å². The Labute approximate surface area is 264 Å². The van der Waals surface area contributed by atoms with Gasteiger partial charge in [-0.05, 0) is 92.0 Å². The lowest BCUT2D eigenvalue weighted by Crippen LogP contribution is -2.37. The average Bonchev–Trinajstić information content (AvgIpc) is 3.76. The Bertz CT molecular complexity index is 1790. The summed E-state index contributed by atoms with van der Waals surface area (Å²) in [5.41, 5.74) is 11.5. The molecule has 1 unspecified atom stereocenters. The van der Waals surface area contributed by atoms with E-state index < -0.39 is 18.0 Å². The van der Waals surface area contributed by atoms with E-state index in [0.717, 1.165) is 63.0 Å². The fraction of sp³-hybridized carbons (Fsp3) is 0.500. The van der Waals surface area contributed by atoms with E-state index in [1.807, 2.05) is 6.92 Å². The van der Waals surface area contributed by atoms with Crippen LogP contribution in [0.15, 0.2) is 28.7 Å². The van der Waals surface area contributed by atoms with Crippen molar-refractivity contribution in [1.29, 1.82) is 0 Å². The van der Waals surface area contributed by atoms with Crippen molar-refractivity contribution in [2.45, 2.75) is 79.4 Å². The molecule has 3 aliphatic heterocycles. The molecule has 0 saturated carbocycles. The Kier molecular flexibility index (Phi) is 8.10. The predicted molar refractivity (Wildman–Crippen MR) is 174 cm³/mol. The van der Waals surface area contributed by atoms with Gasteiger partial charge in [0.15, 0.2) is 0 Å². The molecule has 2 aromatic rings. The highest BCUT2D eigenvalue weighted by Crippen LogP contribution is 2.45. The molecular formula is C36H46N4O5.